The number of para-hydroxylation sites is 2. The van der Waals surface area contributed by atoms with Crippen LogP contribution in [0.15, 0.2) is 24.3 Å². The largest absolute Gasteiger partial charge is 0.465 e. The van der Waals surface area contributed by atoms with Gasteiger partial charge >= 0.3 is 13.7 Å². The fourth-order valence-electron chi connectivity index (χ4n) is 2.41. The van der Waals surface area contributed by atoms with Crippen LogP contribution >= 0.6 is 7.60 Å². The molecule has 26 heavy (non-hydrogen) atoms. The van der Waals surface area contributed by atoms with Gasteiger partial charge in [0.25, 0.3) is 0 Å². The molecule has 146 valence electrons. The molecule has 9 heteroatoms. The molecule has 0 heterocycles. The highest BCUT2D eigenvalue weighted by molar-refractivity contribution is 7.54. The van der Waals surface area contributed by atoms with Crippen LogP contribution in [0.2, 0.25) is 0 Å². The van der Waals surface area contributed by atoms with Gasteiger partial charge in [-0.3, -0.25) is 14.3 Å². The normalized spacial score (nSPS) is 11.9. The number of carboxylic acid groups (broad SMARTS) is 1. The van der Waals surface area contributed by atoms with Crippen LogP contribution in [0.3, 0.4) is 0 Å². The molecule has 0 unspecified atom stereocenters. The number of anilines is 2. The first-order valence-corrected chi connectivity index (χ1v) is 10.1. The van der Waals surface area contributed by atoms with E-state index in [2.05, 4.69) is 5.32 Å². The van der Waals surface area contributed by atoms with Crippen molar-refractivity contribution in [1.82, 2.24) is 0 Å². The predicted octanol–water partition coefficient (Wildman–Crippen LogP) is 4.17. The zero-order valence-electron chi connectivity index (χ0n) is 15.8. The first-order chi connectivity index (χ1) is 12.0. The van der Waals surface area contributed by atoms with Gasteiger partial charge in [0.1, 0.15) is 6.16 Å². The minimum atomic E-state index is -3.54. The topological polar surface area (TPSA) is 105 Å². The Kier molecular flexibility index (Phi) is 7.81. The van der Waals surface area contributed by atoms with Gasteiger partial charge in [-0.05, 0) is 46.8 Å². The molecule has 0 bridgehead atoms. The highest BCUT2D eigenvalue weighted by atomic mass is 31.2. The Morgan fingerprint density at radius 2 is 1.69 bits per heavy atom. The van der Waals surface area contributed by atoms with Crippen LogP contribution in [0.4, 0.5) is 16.2 Å². The highest BCUT2D eigenvalue weighted by Gasteiger charge is 2.31. The summed E-state index contributed by atoms with van der Waals surface area (Å²) >= 11 is 0. The van der Waals surface area contributed by atoms with Crippen LogP contribution in [-0.4, -0.2) is 42.0 Å². The summed E-state index contributed by atoms with van der Waals surface area (Å²) < 4.78 is 22.7. The van der Waals surface area contributed by atoms with Gasteiger partial charge in [-0.1, -0.05) is 12.1 Å². The first-order valence-electron chi connectivity index (χ1n) is 8.34. The van der Waals surface area contributed by atoms with Gasteiger partial charge in [0, 0.05) is 5.54 Å². The second-order valence-corrected chi connectivity index (χ2v) is 8.51. The maximum Gasteiger partial charge on any atom is 0.412 e. The average molecular weight is 386 g/mol. The Labute approximate surface area is 154 Å². The van der Waals surface area contributed by atoms with Crippen molar-refractivity contribution in [1.29, 1.82) is 0 Å². The lowest BCUT2D eigenvalue weighted by Gasteiger charge is -2.34. The van der Waals surface area contributed by atoms with E-state index < -0.39 is 31.3 Å². The van der Waals surface area contributed by atoms with E-state index in [-0.39, 0.29) is 13.2 Å². The molecule has 1 aromatic carbocycles. The Bertz CT molecular complexity index is 676. The molecular formula is C17H27N2O6P. The van der Waals surface area contributed by atoms with Crippen molar-refractivity contribution in [2.45, 2.75) is 40.2 Å². The second-order valence-electron chi connectivity index (χ2n) is 6.46. The Balaban J connectivity index is 3.09. The number of hydrogen-bond acceptors (Lipinski definition) is 5. The third-order valence-corrected chi connectivity index (χ3v) is 5.25. The van der Waals surface area contributed by atoms with Crippen LogP contribution in [0.5, 0.6) is 0 Å². The lowest BCUT2D eigenvalue weighted by atomic mass is 10.0. The third-order valence-electron chi connectivity index (χ3n) is 3.27. The summed E-state index contributed by atoms with van der Waals surface area (Å²) in [4.78, 5) is 25.2. The number of carbonyl (C=O) groups excluding carboxylic acids is 1. The number of nitrogens with one attached hydrogen (secondary N) is 1. The molecule has 1 aromatic rings. The molecule has 0 fully saturated rings. The van der Waals surface area contributed by atoms with Crippen LogP contribution in [0.25, 0.3) is 0 Å². The van der Waals surface area contributed by atoms with Gasteiger partial charge in [0.05, 0.1) is 24.6 Å². The van der Waals surface area contributed by atoms with Crippen LogP contribution < -0.4 is 10.2 Å². The fourth-order valence-corrected chi connectivity index (χ4v) is 3.89. The molecule has 0 aliphatic heterocycles. The molecule has 8 nitrogen and oxygen atoms in total. The lowest BCUT2D eigenvalue weighted by molar-refractivity contribution is -0.114. The van der Waals surface area contributed by atoms with E-state index in [1.54, 1.807) is 58.9 Å². The van der Waals surface area contributed by atoms with E-state index in [4.69, 9.17) is 9.05 Å². The number of amides is 2. The molecular weight excluding hydrogens is 359 g/mol. The standard InChI is InChI=1S/C17H27N2O6P/c1-6-24-26(23,25-7-2)12-15(20)18-13-10-8-9-11-14(13)19(16(21)22)17(3,4)5/h8-11H,6-7,12H2,1-5H3,(H,18,20)(H,21,22). The third kappa shape index (κ3) is 6.12. The summed E-state index contributed by atoms with van der Waals surface area (Å²) in [5, 5.41) is 12.2. The fraction of sp³-hybridized carbons (Fsp3) is 0.529. The first kappa shape index (κ1) is 22.2. The van der Waals surface area contributed by atoms with Crippen molar-refractivity contribution in [2.24, 2.45) is 0 Å². The molecule has 0 atom stereocenters. The number of nitrogens with zero attached hydrogens (tertiary/aromatic N) is 1. The molecule has 0 saturated carbocycles. The zero-order chi connectivity index (χ0) is 20.0. The molecule has 2 amide bonds. The van der Waals surface area contributed by atoms with Gasteiger partial charge in [-0.2, -0.15) is 0 Å². The van der Waals surface area contributed by atoms with E-state index >= 15 is 0 Å². The Morgan fingerprint density at radius 3 is 2.15 bits per heavy atom. The molecule has 0 spiro atoms. The molecule has 0 aliphatic carbocycles. The summed E-state index contributed by atoms with van der Waals surface area (Å²) in [7, 11) is -3.54. The molecule has 2 N–H and O–H groups in total. The maximum atomic E-state index is 12.5. The number of benzene rings is 1. The SMILES string of the molecule is CCOP(=O)(CC(=O)Nc1ccccc1N(C(=O)O)C(C)(C)C)OCC. The molecule has 0 radical (unpaired) electrons. The van der Waals surface area contributed by atoms with Crippen LogP contribution in [-0.2, 0) is 18.4 Å². The second kappa shape index (κ2) is 9.16. The van der Waals surface area contributed by atoms with Gasteiger partial charge < -0.3 is 19.5 Å². The average Bonchev–Trinajstić information content (AvgIpc) is 2.47. The maximum absolute atomic E-state index is 12.5. The van der Waals surface area contributed by atoms with Crippen molar-refractivity contribution in [3.63, 3.8) is 0 Å². The number of hydrogen-bond donors (Lipinski definition) is 2. The van der Waals surface area contributed by atoms with Crippen LogP contribution in [0.1, 0.15) is 34.6 Å². The summed E-state index contributed by atoms with van der Waals surface area (Å²) in [6.07, 6.45) is -1.60. The summed E-state index contributed by atoms with van der Waals surface area (Å²) in [5.41, 5.74) is -0.101. The lowest BCUT2D eigenvalue weighted by Crippen LogP contribution is -2.45. The van der Waals surface area contributed by atoms with Crippen molar-refractivity contribution >= 4 is 31.0 Å². The molecule has 0 aliphatic rings. The van der Waals surface area contributed by atoms with Crippen molar-refractivity contribution in [3.05, 3.63) is 24.3 Å². The van der Waals surface area contributed by atoms with Crippen LogP contribution in [0, 0.1) is 0 Å². The highest BCUT2D eigenvalue weighted by Crippen LogP contribution is 2.47. The predicted molar refractivity (Wildman–Crippen MR) is 101 cm³/mol. The zero-order valence-corrected chi connectivity index (χ0v) is 16.7. The van der Waals surface area contributed by atoms with Gasteiger partial charge in [0.15, 0.2) is 0 Å². The number of carbonyl (C=O) groups is 2. The van der Waals surface area contributed by atoms with Gasteiger partial charge in [-0.15, -0.1) is 0 Å². The van der Waals surface area contributed by atoms with E-state index in [1.807, 2.05) is 0 Å². The van der Waals surface area contributed by atoms with E-state index in [0.717, 1.165) is 4.90 Å². The Morgan fingerprint density at radius 1 is 1.15 bits per heavy atom. The molecule has 0 aromatic heterocycles. The Hall–Kier alpha value is -1.89. The minimum absolute atomic E-state index is 0.151. The van der Waals surface area contributed by atoms with Gasteiger partial charge in [-0.25, -0.2) is 4.79 Å². The van der Waals surface area contributed by atoms with Crippen molar-refractivity contribution in [3.8, 4) is 0 Å². The summed E-state index contributed by atoms with van der Waals surface area (Å²) in [6, 6.07) is 6.53. The smallest absolute Gasteiger partial charge is 0.412 e. The minimum Gasteiger partial charge on any atom is -0.465 e. The molecule has 1 rings (SSSR count). The van der Waals surface area contributed by atoms with Gasteiger partial charge in [0.2, 0.25) is 5.91 Å². The monoisotopic (exact) mass is 386 g/mol. The van der Waals surface area contributed by atoms with Crippen molar-refractivity contribution in [2.75, 3.05) is 29.6 Å². The van der Waals surface area contributed by atoms with E-state index in [0.29, 0.717) is 11.4 Å². The summed E-state index contributed by atoms with van der Waals surface area (Å²) in [5.74, 6) is -0.582. The van der Waals surface area contributed by atoms with Crippen molar-refractivity contribution < 1.29 is 28.3 Å². The summed E-state index contributed by atoms with van der Waals surface area (Å²) in [6.45, 7) is 8.87. The molecule has 0 saturated heterocycles. The van der Waals surface area contributed by atoms with E-state index in [1.165, 1.54) is 0 Å². The number of rotatable bonds is 8. The van der Waals surface area contributed by atoms with E-state index in [9.17, 15) is 19.3 Å². The quantitative estimate of drug-likeness (QED) is 0.650.